The molecule has 0 amide bonds. The van der Waals surface area contributed by atoms with E-state index < -0.39 is 0 Å². The first kappa shape index (κ1) is 15.0. The van der Waals surface area contributed by atoms with Crippen LogP contribution in [0.15, 0.2) is 12.1 Å². The van der Waals surface area contributed by atoms with E-state index in [1.807, 2.05) is 40.1 Å². The van der Waals surface area contributed by atoms with Crippen LogP contribution in [0, 0.1) is 13.8 Å². The number of aryl methyl sites for hydroxylation is 1. The lowest BCUT2D eigenvalue weighted by atomic mass is 9.85. The highest BCUT2D eigenvalue weighted by Gasteiger charge is 2.44. The molecule has 1 aromatic carbocycles. The lowest BCUT2D eigenvalue weighted by Crippen LogP contribution is -2.49. The highest BCUT2D eigenvalue weighted by atomic mass is 16.5. The van der Waals surface area contributed by atoms with Crippen molar-refractivity contribution in [3.63, 3.8) is 0 Å². The Kier molecular flexibility index (Phi) is 4.19. The summed E-state index contributed by atoms with van der Waals surface area (Å²) in [5.41, 5.74) is 2.59. The van der Waals surface area contributed by atoms with Gasteiger partial charge in [0.2, 0.25) is 0 Å². The van der Waals surface area contributed by atoms with Gasteiger partial charge in [-0.05, 0) is 58.0 Å². The maximum absolute atomic E-state index is 13.1. The number of hydrogen-bond acceptors (Lipinski definition) is 3. The van der Waals surface area contributed by atoms with Crippen LogP contribution in [0.1, 0.15) is 47.2 Å². The van der Waals surface area contributed by atoms with E-state index in [1.165, 1.54) is 0 Å². The second-order valence-electron chi connectivity index (χ2n) is 6.05. The topological polar surface area (TPSA) is 29.5 Å². The third-order valence-corrected chi connectivity index (χ3v) is 4.83. The van der Waals surface area contributed by atoms with Gasteiger partial charge in [-0.3, -0.25) is 9.69 Å². The number of Topliss-reactive ketones (excluding diaryl/α,β-unsaturated/α-hetero) is 1. The van der Waals surface area contributed by atoms with Crippen molar-refractivity contribution >= 4 is 5.78 Å². The van der Waals surface area contributed by atoms with E-state index in [1.54, 1.807) is 7.11 Å². The monoisotopic (exact) mass is 275 g/mol. The van der Waals surface area contributed by atoms with Crippen molar-refractivity contribution in [1.82, 2.24) is 4.90 Å². The van der Waals surface area contributed by atoms with Crippen LogP contribution in [0.2, 0.25) is 0 Å². The second-order valence-corrected chi connectivity index (χ2v) is 6.05. The molecule has 0 unspecified atom stereocenters. The zero-order valence-corrected chi connectivity index (χ0v) is 13.2. The molecule has 0 aromatic heterocycles. The van der Waals surface area contributed by atoms with Gasteiger partial charge >= 0.3 is 0 Å². The average molecular weight is 275 g/mol. The van der Waals surface area contributed by atoms with Crippen molar-refractivity contribution in [2.24, 2.45) is 0 Å². The smallest absolute Gasteiger partial charge is 0.186 e. The van der Waals surface area contributed by atoms with Crippen LogP contribution in [0.4, 0.5) is 0 Å². The van der Waals surface area contributed by atoms with Crippen molar-refractivity contribution in [2.75, 3.05) is 21.2 Å². The Morgan fingerprint density at radius 3 is 2.30 bits per heavy atom. The van der Waals surface area contributed by atoms with E-state index in [-0.39, 0.29) is 11.3 Å². The summed E-state index contributed by atoms with van der Waals surface area (Å²) in [5.74, 6) is 0.947. The van der Waals surface area contributed by atoms with Gasteiger partial charge in [0.05, 0.1) is 18.2 Å². The van der Waals surface area contributed by atoms with E-state index in [9.17, 15) is 4.79 Å². The Balaban J connectivity index is 2.50. The molecule has 0 aliphatic heterocycles. The lowest BCUT2D eigenvalue weighted by Gasteiger charge is -2.35. The summed E-state index contributed by atoms with van der Waals surface area (Å²) in [6.07, 6.45) is 4.12. The van der Waals surface area contributed by atoms with Crippen LogP contribution >= 0.6 is 0 Å². The van der Waals surface area contributed by atoms with Gasteiger partial charge in [0.25, 0.3) is 0 Å². The maximum Gasteiger partial charge on any atom is 0.186 e. The van der Waals surface area contributed by atoms with Gasteiger partial charge in [0.1, 0.15) is 5.75 Å². The molecule has 20 heavy (non-hydrogen) atoms. The molecule has 2 rings (SSSR count). The zero-order chi connectivity index (χ0) is 14.9. The average Bonchev–Trinajstić information content (AvgIpc) is 2.91. The minimum absolute atomic E-state index is 0.208. The Labute approximate surface area is 121 Å². The van der Waals surface area contributed by atoms with Crippen LogP contribution in [-0.4, -0.2) is 37.4 Å². The molecule has 0 saturated heterocycles. The van der Waals surface area contributed by atoms with Crippen molar-refractivity contribution in [1.29, 1.82) is 0 Å². The molecule has 1 aliphatic rings. The fourth-order valence-corrected chi connectivity index (χ4v) is 3.32. The van der Waals surface area contributed by atoms with Crippen LogP contribution in [0.3, 0.4) is 0 Å². The van der Waals surface area contributed by atoms with Crippen LogP contribution in [0.25, 0.3) is 0 Å². The first-order chi connectivity index (χ1) is 9.44. The van der Waals surface area contributed by atoms with E-state index in [2.05, 4.69) is 4.90 Å². The van der Waals surface area contributed by atoms with Gasteiger partial charge < -0.3 is 4.74 Å². The third kappa shape index (κ3) is 2.24. The van der Waals surface area contributed by atoms with Gasteiger partial charge in [-0.15, -0.1) is 0 Å². The molecule has 0 spiro atoms. The number of ketones is 1. The van der Waals surface area contributed by atoms with Crippen molar-refractivity contribution < 1.29 is 9.53 Å². The van der Waals surface area contributed by atoms with E-state index >= 15 is 0 Å². The van der Waals surface area contributed by atoms with Gasteiger partial charge in [-0.25, -0.2) is 0 Å². The van der Waals surface area contributed by atoms with Crippen LogP contribution in [0.5, 0.6) is 5.75 Å². The Bertz CT molecular complexity index is 514. The third-order valence-electron chi connectivity index (χ3n) is 4.83. The summed E-state index contributed by atoms with van der Waals surface area (Å²) in [5, 5.41) is 0. The summed E-state index contributed by atoms with van der Waals surface area (Å²) in [6, 6.07) is 3.94. The Morgan fingerprint density at radius 2 is 1.80 bits per heavy atom. The van der Waals surface area contributed by atoms with Crippen molar-refractivity contribution in [2.45, 2.75) is 45.1 Å². The van der Waals surface area contributed by atoms with Gasteiger partial charge in [0, 0.05) is 0 Å². The molecule has 0 heterocycles. The molecule has 1 aliphatic carbocycles. The molecule has 1 saturated carbocycles. The van der Waals surface area contributed by atoms with Crippen LogP contribution in [-0.2, 0) is 0 Å². The zero-order valence-electron chi connectivity index (χ0n) is 13.2. The molecule has 0 atom stereocenters. The number of benzene rings is 1. The quantitative estimate of drug-likeness (QED) is 0.789. The number of likely N-dealkylation sites (N-methyl/N-ethyl adjacent to an activating group) is 1. The highest BCUT2D eigenvalue weighted by molar-refractivity contribution is 6.06. The largest absolute Gasteiger partial charge is 0.496 e. The molecule has 0 radical (unpaired) electrons. The SMILES string of the molecule is COc1c(C(=O)C2(N(C)C)CCCC2)ccc(C)c1C. The summed E-state index contributed by atoms with van der Waals surface area (Å²) in [6.45, 7) is 4.06. The normalized spacial score (nSPS) is 17.5. The molecule has 110 valence electrons. The number of carbonyl (C=O) groups excluding carboxylic acids is 1. The maximum atomic E-state index is 13.1. The number of methoxy groups -OCH3 is 1. The predicted molar refractivity (Wildman–Crippen MR) is 81.7 cm³/mol. The van der Waals surface area contributed by atoms with Crippen molar-refractivity contribution in [3.05, 3.63) is 28.8 Å². The minimum Gasteiger partial charge on any atom is -0.496 e. The molecular formula is C17H25NO2. The Morgan fingerprint density at radius 1 is 1.20 bits per heavy atom. The number of nitrogens with zero attached hydrogens (tertiary/aromatic N) is 1. The fraction of sp³-hybridized carbons (Fsp3) is 0.588. The number of hydrogen-bond donors (Lipinski definition) is 0. The van der Waals surface area contributed by atoms with Gasteiger partial charge in [-0.2, -0.15) is 0 Å². The minimum atomic E-state index is -0.352. The molecule has 1 aromatic rings. The summed E-state index contributed by atoms with van der Waals surface area (Å²) >= 11 is 0. The van der Waals surface area contributed by atoms with Gasteiger partial charge in [-0.1, -0.05) is 18.9 Å². The second kappa shape index (κ2) is 5.57. The fourth-order valence-electron chi connectivity index (χ4n) is 3.32. The molecule has 1 fully saturated rings. The van der Waals surface area contributed by atoms with E-state index in [0.717, 1.165) is 48.1 Å². The first-order valence-electron chi connectivity index (χ1n) is 7.30. The molecule has 3 nitrogen and oxygen atoms in total. The number of rotatable bonds is 4. The van der Waals surface area contributed by atoms with Crippen LogP contribution < -0.4 is 4.74 Å². The lowest BCUT2D eigenvalue weighted by molar-refractivity contribution is 0.0690. The molecule has 0 N–H and O–H groups in total. The number of carbonyl (C=O) groups is 1. The first-order valence-corrected chi connectivity index (χ1v) is 7.30. The molecule has 0 bridgehead atoms. The summed E-state index contributed by atoms with van der Waals surface area (Å²) in [7, 11) is 5.67. The standard InChI is InChI=1S/C17H25NO2/c1-12-8-9-14(15(20-5)13(12)2)16(19)17(18(3)4)10-6-7-11-17/h8-9H,6-7,10-11H2,1-5H3. The summed E-state index contributed by atoms with van der Waals surface area (Å²) in [4.78, 5) is 15.2. The molecule has 3 heteroatoms. The van der Waals surface area contributed by atoms with E-state index in [0.29, 0.717) is 0 Å². The van der Waals surface area contributed by atoms with Crippen molar-refractivity contribution in [3.8, 4) is 5.75 Å². The Hall–Kier alpha value is -1.35. The highest BCUT2D eigenvalue weighted by Crippen LogP contribution is 2.39. The molecular weight excluding hydrogens is 250 g/mol. The summed E-state index contributed by atoms with van der Waals surface area (Å²) < 4.78 is 5.52. The number of ether oxygens (including phenoxy) is 1. The predicted octanol–water partition coefficient (Wildman–Crippen LogP) is 3.37. The van der Waals surface area contributed by atoms with E-state index in [4.69, 9.17) is 4.74 Å². The van der Waals surface area contributed by atoms with Gasteiger partial charge in [0.15, 0.2) is 5.78 Å².